The number of nitrogens with one attached hydrogen (secondary N) is 2. The molecular weight excluding hydrogens is 326 g/mol. The molecule has 1 aromatic carbocycles. The summed E-state index contributed by atoms with van der Waals surface area (Å²) in [5.74, 6) is 0. The Morgan fingerprint density at radius 1 is 1.27 bits per heavy atom. The summed E-state index contributed by atoms with van der Waals surface area (Å²) in [6.07, 6.45) is 10.9. The molecule has 2 saturated carbocycles. The number of aromatic nitrogens is 1. The number of ether oxygens (including phenoxy) is 1. The molecule has 1 aromatic heterocycles. The average molecular weight is 353 g/mol. The van der Waals surface area contributed by atoms with E-state index in [0.717, 1.165) is 42.3 Å². The van der Waals surface area contributed by atoms with Gasteiger partial charge in [0.15, 0.2) is 0 Å². The highest BCUT2D eigenvalue weighted by atomic mass is 16.5. The largest absolute Gasteiger partial charge is 0.378 e. The first kappa shape index (κ1) is 17.3. The van der Waals surface area contributed by atoms with Crippen LogP contribution in [0.1, 0.15) is 45.4 Å². The minimum absolute atomic E-state index is 0.126. The molecule has 0 bridgehead atoms. The van der Waals surface area contributed by atoms with Crippen LogP contribution >= 0.6 is 0 Å². The van der Waals surface area contributed by atoms with Gasteiger partial charge in [-0.25, -0.2) is 4.79 Å². The van der Waals surface area contributed by atoms with E-state index in [2.05, 4.69) is 22.5 Å². The topological polar surface area (TPSA) is 63.2 Å². The van der Waals surface area contributed by atoms with Crippen molar-refractivity contribution in [2.75, 3.05) is 11.9 Å². The number of amides is 2. The molecule has 2 N–H and O–H groups in total. The van der Waals surface area contributed by atoms with Gasteiger partial charge in [-0.1, -0.05) is 31.4 Å². The quantitative estimate of drug-likeness (QED) is 0.851. The Morgan fingerprint density at radius 2 is 2.12 bits per heavy atom. The SMILES string of the molecule is CCO[C@@H]1C[C@H](NC(=O)Nc2cccc3cnccc23)C12CCCCC2. The lowest BCUT2D eigenvalue weighted by atomic mass is 9.55. The lowest BCUT2D eigenvalue weighted by Gasteiger charge is -2.57. The fourth-order valence-corrected chi connectivity index (χ4v) is 4.81. The first-order valence-electron chi connectivity index (χ1n) is 9.75. The predicted octanol–water partition coefficient (Wildman–Crippen LogP) is 4.48. The van der Waals surface area contributed by atoms with Crippen LogP contribution in [0, 0.1) is 5.41 Å². The van der Waals surface area contributed by atoms with Gasteiger partial charge in [0.25, 0.3) is 0 Å². The van der Waals surface area contributed by atoms with E-state index in [-0.39, 0.29) is 17.5 Å². The number of hydrogen-bond donors (Lipinski definition) is 2. The Kier molecular flexibility index (Phi) is 4.81. The lowest BCUT2D eigenvalue weighted by Crippen LogP contribution is -2.65. The molecule has 2 atom stereocenters. The Bertz CT molecular complexity index is 780. The summed E-state index contributed by atoms with van der Waals surface area (Å²) >= 11 is 0. The summed E-state index contributed by atoms with van der Waals surface area (Å²) in [7, 11) is 0. The zero-order valence-corrected chi connectivity index (χ0v) is 15.3. The molecule has 2 fully saturated rings. The fourth-order valence-electron chi connectivity index (χ4n) is 4.81. The van der Waals surface area contributed by atoms with Crippen molar-refractivity contribution in [1.29, 1.82) is 0 Å². The smallest absolute Gasteiger partial charge is 0.319 e. The number of rotatable bonds is 4. The summed E-state index contributed by atoms with van der Waals surface area (Å²) < 4.78 is 5.98. The highest BCUT2D eigenvalue weighted by Crippen LogP contribution is 2.53. The van der Waals surface area contributed by atoms with Crippen molar-refractivity contribution in [3.8, 4) is 0 Å². The second-order valence-corrected chi connectivity index (χ2v) is 7.53. The van der Waals surface area contributed by atoms with Crippen LogP contribution in [0.15, 0.2) is 36.7 Å². The minimum Gasteiger partial charge on any atom is -0.378 e. The zero-order valence-electron chi connectivity index (χ0n) is 15.3. The standard InChI is InChI=1S/C21H27N3O2/c1-2-26-19-13-18(21(19)10-4-3-5-11-21)24-20(25)23-17-8-6-7-15-14-22-12-9-16(15)17/h6-9,12,14,18-19H,2-5,10-11,13H2,1H3,(H2,23,24,25)/t18-,19+/m0/s1. The summed E-state index contributed by atoms with van der Waals surface area (Å²) in [4.78, 5) is 16.8. The lowest BCUT2D eigenvalue weighted by molar-refractivity contribution is -0.146. The third kappa shape index (κ3) is 3.05. The first-order chi connectivity index (χ1) is 12.7. The highest BCUT2D eigenvalue weighted by Gasteiger charge is 2.56. The number of carbonyl (C=O) groups is 1. The Balaban J connectivity index is 1.46. The molecule has 1 heterocycles. The van der Waals surface area contributed by atoms with Gasteiger partial charge in [-0.2, -0.15) is 0 Å². The van der Waals surface area contributed by atoms with Gasteiger partial charge in [0.1, 0.15) is 0 Å². The number of carbonyl (C=O) groups excluding carboxylic acids is 1. The van der Waals surface area contributed by atoms with Gasteiger partial charge in [-0.3, -0.25) is 4.98 Å². The molecule has 5 nitrogen and oxygen atoms in total. The fraction of sp³-hybridized carbons (Fsp3) is 0.524. The normalized spacial score (nSPS) is 24.2. The number of fused-ring (bicyclic) bond motifs is 1. The molecule has 138 valence electrons. The zero-order chi connectivity index (χ0) is 18.0. The van der Waals surface area contributed by atoms with E-state index in [1.807, 2.05) is 30.5 Å². The van der Waals surface area contributed by atoms with Crippen molar-refractivity contribution in [2.45, 2.75) is 57.6 Å². The van der Waals surface area contributed by atoms with E-state index < -0.39 is 0 Å². The maximum absolute atomic E-state index is 12.7. The van der Waals surface area contributed by atoms with Gasteiger partial charge >= 0.3 is 6.03 Å². The van der Waals surface area contributed by atoms with Crippen molar-refractivity contribution < 1.29 is 9.53 Å². The van der Waals surface area contributed by atoms with Gasteiger partial charge in [0, 0.05) is 41.2 Å². The van der Waals surface area contributed by atoms with Gasteiger partial charge < -0.3 is 15.4 Å². The first-order valence-corrected chi connectivity index (χ1v) is 9.75. The minimum atomic E-state index is -0.126. The number of urea groups is 1. The van der Waals surface area contributed by atoms with E-state index in [9.17, 15) is 4.79 Å². The molecular formula is C21H27N3O2. The van der Waals surface area contributed by atoms with E-state index in [4.69, 9.17) is 4.74 Å². The molecule has 4 rings (SSSR count). The van der Waals surface area contributed by atoms with Crippen molar-refractivity contribution in [3.05, 3.63) is 36.7 Å². The van der Waals surface area contributed by atoms with Crippen LogP contribution in [0.3, 0.4) is 0 Å². The van der Waals surface area contributed by atoms with E-state index in [1.54, 1.807) is 6.20 Å². The third-order valence-electron chi connectivity index (χ3n) is 6.17. The monoisotopic (exact) mass is 353 g/mol. The molecule has 2 amide bonds. The molecule has 2 aliphatic carbocycles. The van der Waals surface area contributed by atoms with Gasteiger partial charge in [-0.15, -0.1) is 0 Å². The molecule has 5 heteroatoms. The highest BCUT2D eigenvalue weighted by molar-refractivity contribution is 6.01. The van der Waals surface area contributed by atoms with E-state index >= 15 is 0 Å². The second-order valence-electron chi connectivity index (χ2n) is 7.53. The molecule has 2 aromatic rings. The average Bonchev–Trinajstić information content (AvgIpc) is 2.68. The van der Waals surface area contributed by atoms with Crippen LogP contribution < -0.4 is 10.6 Å². The van der Waals surface area contributed by atoms with Crippen LogP contribution in [0.5, 0.6) is 0 Å². The van der Waals surface area contributed by atoms with Crippen LogP contribution in [0.25, 0.3) is 10.8 Å². The Hall–Kier alpha value is -2.14. The van der Waals surface area contributed by atoms with E-state index in [1.165, 1.54) is 19.3 Å². The Labute approximate surface area is 154 Å². The van der Waals surface area contributed by atoms with Gasteiger partial charge in [0.05, 0.1) is 11.8 Å². The number of hydrogen-bond acceptors (Lipinski definition) is 3. The van der Waals surface area contributed by atoms with Gasteiger partial charge in [-0.05, 0) is 38.3 Å². The van der Waals surface area contributed by atoms with Crippen LogP contribution in [0.2, 0.25) is 0 Å². The summed E-state index contributed by atoms with van der Waals surface area (Å²) in [5.41, 5.74) is 0.953. The molecule has 0 unspecified atom stereocenters. The molecule has 0 saturated heterocycles. The maximum atomic E-state index is 12.7. The Morgan fingerprint density at radius 3 is 2.92 bits per heavy atom. The van der Waals surface area contributed by atoms with Crippen LogP contribution in [-0.2, 0) is 4.74 Å². The number of pyridine rings is 1. The molecule has 2 aliphatic rings. The van der Waals surface area contributed by atoms with Crippen LogP contribution in [0.4, 0.5) is 10.5 Å². The van der Waals surface area contributed by atoms with Crippen molar-refractivity contribution in [3.63, 3.8) is 0 Å². The second kappa shape index (κ2) is 7.23. The number of nitrogens with zero attached hydrogens (tertiary/aromatic N) is 1. The molecule has 0 aliphatic heterocycles. The predicted molar refractivity (Wildman–Crippen MR) is 103 cm³/mol. The molecule has 26 heavy (non-hydrogen) atoms. The number of benzene rings is 1. The van der Waals surface area contributed by atoms with Crippen molar-refractivity contribution in [1.82, 2.24) is 10.3 Å². The third-order valence-corrected chi connectivity index (χ3v) is 6.17. The van der Waals surface area contributed by atoms with Crippen molar-refractivity contribution in [2.24, 2.45) is 5.41 Å². The van der Waals surface area contributed by atoms with E-state index in [0.29, 0.717) is 6.10 Å². The molecule has 0 radical (unpaired) electrons. The summed E-state index contributed by atoms with van der Waals surface area (Å²) in [6.45, 7) is 2.80. The molecule has 1 spiro atoms. The summed E-state index contributed by atoms with van der Waals surface area (Å²) in [6, 6.07) is 7.89. The number of anilines is 1. The maximum Gasteiger partial charge on any atom is 0.319 e. The van der Waals surface area contributed by atoms with Crippen molar-refractivity contribution >= 4 is 22.5 Å². The summed E-state index contributed by atoms with van der Waals surface area (Å²) in [5, 5.41) is 8.29. The van der Waals surface area contributed by atoms with Gasteiger partial charge in [0.2, 0.25) is 0 Å². The van der Waals surface area contributed by atoms with Crippen LogP contribution in [-0.4, -0.2) is 29.8 Å².